The lowest BCUT2D eigenvalue weighted by molar-refractivity contribution is -0.0896. The fourth-order valence-electron chi connectivity index (χ4n) is 7.62. The largest absolute Gasteiger partial charge is 0.324 e. The Kier molecular flexibility index (Phi) is 2.50. The third-order valence-corrected chi connectivity index (χ3v) is 7.79. The molecule has 0 aromatic rings. The van der Waals surface area contributed by atoms with Crippen LogP contribution in [0.25, 0.3) is 0 Å². The summed E-state index contributed by atoms with van der Waals surface area (Å²) >= 11 is 0. The van der Waals surface area contributed by atoms with Crippen molar-refractivity contribution >= 4 is 0 Å². The molecule has 0 spiro atoms. The van der Waals surface area contributed by atoms with Gasteiger partial charge in [0.15, 0.2) is 0 Å². The van der Waals surface area contributed by atoms with Gasteiger partial charge in [-0.15, -0.1) is 0 Å². The molecule has 2 heteroatoms. The number of hydrogen-bond donors (Lipinski definition) is 1. The Bertz CT molecular complexity index is 374. The molecule has 7 rings (SSSR count). The summed E-state index contributed by atoms with van der Waals surface area (Å²) < 4.78 is 0. The SMILES string of the molecule is NC1(CC23CC4CC(CC(C4)C2)C3)CN2CCC1CC2. The van der Waals surface area contributed by atoms with Gasteiger partial charge in [0.1, 0.15) is 0 Å². The zero-order valence-electron chi connectivity index (χ0n) is 12.8. The van der Waals surface area contributed by atoms with Crippen LogP contribution in [-0.2, 0) is 0 Å². The molecule has 6 bridgehead atoms. The van der Waals surface area contributed by atoms with Gasteiger partial charge in [0.25, 0.3) is 0 Å². The second-order valence-electron chi connectivity index (χ2n) is 9.38. The summed E-state index contributed by atoms with van der Waals surface area (Å²) in [7, 11) is 0. The maximum Gasteiger partial charge on any atom is 0.0318 e. The minimum atomic E-state index is 0.169. The molecule has 20 heavy (non-hydrogen) atoms. The molecular formula is C18H30N2. The zero-order chi connectivity index (χ0) is 13.4. The van der Waals surface area contributed by atoms with E-state index < -0.39 is 0 Å². The fourth-order valence-corrected chi connectivity index (χ4v) is 7.62. The molecule has 2 N–H and O–H groups in total. The first kappa shape index (κ1) is 12.5. The molecule has 112 valence electrons. The molecule has 7 fully saturated rings. The molecule has 0 radical (unpaired) electrons. The summed E-state index contributed by atoms with van der Waals surface area (Å²) in [6.07, 6.45) is 13.4. The topological polar surface area (TPSA) is 29.3 Å². The molecule has 4 aliphatic carbocycles. The Hall–Kier alpha value is -0.0800. The van der Waals surface area contributed by atoms with Crippen LogP contribution in [0.4, 0.5) is 0 Å². The van der Waals surface area contributed by atoms with Gasteiger partial charge in [-0.25, -0.2) is 0 Å². The van der Waals surface area contributed by atoms with E-state index >= 15 is 0 Å². The van der Waals surface area contributed by atoms with Crippen molar-refractivity contribution < 1.29 is 0 Å². The predicted octanol–water partition coefficient (Wildman–Crippen LogP) is 3.02. The van der Waals surface area contributed by atoms with E-state index in [1.807, 2.05) is 0 Å². The van der Waals surface area contributed by atoms with Crippen molar-refractivity contribution in [3.63, 3.8) is 0 Å². The average molecular weight is 274 g/mol. The fraction of sp³-hybridized carbons (Fsp3) is 1.00. The third kappa shape index (κ3) is 1.76. The molecule has 3 saturated heterocycles. The number of piperidine rings is 3. The Morgan fingerprint density at radius 2 is 1.45 bits per heavy atom. The highest BCUT2D eigenvalue weighted by atomic mass is 15.2. The first-order chi connectivity index (χ1) is 9.63. The second-order valence-corrected chi connectivity index (χ2v) is 9.38. The Labute approximate surface area is 123 Å². The van der Waals surface area contributed by atoms with Gasteiger partial charge < -0.3 is 10.6 Å². The highest BCUT2D eigenvalue weighted by Crippen LogP contribution is 2.63. The number of hydrogen-bond acceptors (Lipinski definition) is 2. The molecule has 1 atom stereocenters. The van der Waals surface area contributed by atoms with Crippen LogP contribution in [0.2, 0.25) is 0 Å². The Morgan fingerprint density at radius 1 is 0.900 bits per heavy atom. The van der Waals surface area contributed by atoms with E-state index in [0.29, 0.717) is 5.41 Å². The van der Waals surface area contributed by atoms with Gasteiger partial charge in [0.2, 0.25) is 0 Å². The van der Waals surface area contributed by atoms with Crippen LogP contribution in [0, 0.1) is 29.1 Å². The molecular weight excluding hydrogens is 244 g/mol. The van der Waals surface area contributed by atoms with Crippen LogP contribution in [0.5, 0.6) is 0 Å². The summed E-state index contributed by atoms with van der Waals surface area (Å²) in [5, 5.41) is 0. The summed E-state index contributed by atoms with van der Waals surface area (Å²) in [5.74, 6) is 4.06. The molecule has 0 aromatic heterocycles. The molecule has 3 heterocycles. The van der Waals surface area contributed by atoms with Gasteiger partial charge >= 0.3 is 0 Å². The van der Waals surface area contributed by atoms with Crippen molar-refractivity contribution in [2.24, 2.45) is 34.8 Å². The molecule has 0 amide bonds. The minimum absolute atomic E-state index is 0.169. The van der Waals surface area contributed by atoms with Crippen LogP contribution in [0.1, 0.15) is 57.8 Å². The summed E-state index contributed by atoms with van der Waals surface area (Å²) in [6, 6.07) is 0. The third-order valence-electron chi connectivity index (χ3n) is 7.79. The van der Waals surface area contributed by atoms with Crippen LogP contribution in [-0.4, -0.2) is 30.1 Å². The smallest absolute Gasteiger partial charge is 0.0318 e. The maximum absolute atomic E-state index is 7.02. The predicted molar refractivity (Wildman–Crippen MR) is 81.3 cm³/mol. The van der Waals surface area contributed by atoms with Crippen LogP contribution >= 0.6 is 0 Å². The van der Waals surface area contributed by atoms with Gasteiger partial charge in [-0.05, 0) is 100.0 Å². The van der Waals surface area contributed by atoms with E-state index in [1.165, 1.54) is 58.2 Å². The van der Waals surface area contributed by atoms with E-state index in [1.54, 1.807) is 19.3 Å². The average Bonchev–Trinajstić information content (AvgIpc) is 2.36. The lowest BCUT2D eigenvalue weighted by Crippen LogP contribution is -2.66. The Balaban J connectivity index is 1.41. The van der Waals surface area contributed by atoms with E-state index in [4.69, 9.17) is 5.73 Å². The molecule has 2 nitrogen and oxygen atoms in total. The van der Waals surface area contributed by atoms with Gasteiger partial charge in [0.05, 0.1) is 0 Å². The van der Waals surface area contributed by atoms with Gasteiger partial charge in [-0.3, -0.25) is 0 Å². The lowest BCUT2D eigenvalue weighted by atomic mass is 9.46. The second kappa shape index (κ2) is 4.01. The summed E-state index contributed by atoms with van der Waals surface area (Å²) in [4.78, 5) is 2.65. The van der Waals surface area contributed by atoms with Gasteiger partial charge in [-0.1, -0.05) is 0 Å². The zero-order valence-corrected chi connectivity index (χ0v) is 12.8. The van der Waals surface area contributed by atoms with Crippen LogP contribution in [0.15, 0.2) is 0 Å². The van der Waals surface area contributed by atoms with Crippen molar-refractivity contribution in [2.45, 2.75) is 63.3 Å². The monoisotopic (exact) mass is 274 g/mol. The van der Waals surface area contributed by atoms with Gasteiger partial charge in [0, 0.05) is 12.1 Å². The van der Waals surface area contributed by atoms with Crippen molar-refractivity contribution in [3.05, 3.63) is 0 Å². The van der Waals surface area contributed by atoms with Crippen molar-refractivity contribution in [2.75, 3.05) is 19.6 Å². The lowest BCUT2D eigenvalue weighted by Gasteiger charge is -2.61. The normalized spacial score (nSPS) is 60.1. The molecule has 0 aromatic carbocycles. The summed E-state index contributed by atoms with van der Waals surface area (Å²) in [5.41, 5.74) is 7.86. The molecule has 3 aliphatic heterocycles. The first-order valence-corrected chi connectivity index (χ1v) is 9.14. The molecule has 4 saturated carbocycles. The van der Waals surface area contributed by atoms with Crippen molar-refractivity contribution in [1.29, 1.82) is 0 Å². The van der Waals surface area contributed by atoms with Crippen LogP contribution in [0.3, 0.4) is 0 Å². The van der Waals surface area contributed by atoms with E-state index in [-0.39, 0.29) is 5.54 Å². The number of nitrogens with two attached hydrogens (primary N) is 1. The van der Waals surface area contributed by atoms with E-state index in [2.05, 4.69) is 4.90 Å². The standard InChI is InChI=1S/C18H30N2/c19-18(12-20-3-1-16(18)2-4-20)11-17-8-13-5-14(9-17)7-15(6-13)10-17/h13-16H,1-12,19H2. The number of fused-ring (bicyclic) bond motifs is 3. The highest BCUT2D eigenvalue weighted by Gasteiger charge is 2.55. The number of nitrogens with zero attached hydrogens (tertiary/aromatic N) is 1. The quantitative estimate of drug-likeness (QED) is 0.838. The Morgan fingerprint density at radius 3 is 1.90 bits per heavy atom. The van der Waals surface area contributed by atoms with Crippen LogP contribution < -0.4 is 5.73 Å². The van der Waals surface area contributed by atoms with Gasteiger partial charge in [-0.2, -0.15) is 0 Å². The van der Waals surface area contributed by atoms with E-state index in [9.17, 15) is 0 Å². The number of rotatable bonds is 2. The van der Waals surface area contributed by atoms with E-state index in [0.717, 1.165) is 23.7 Å². The van der Waals surface area contributed by atoms with Crippen molar-refractivity contribution in [3.8, 4) is 0 Å². The maximum atomic E-state index is 7.02. The minimum Gasteiger partial charge on any atom is -0.324 e. The van der Waals surface area contributed by atoms with Crippen molar-refractivity contribution in [1.82, 2.24) is 4.90 Å². The summed E-state index contributed by atoms with van der Waals surface area (Å²) in [6.45, 7) is 3.86. The first-order valence-electron chi connectivity index (χ1n) is 9.14. The molecule has 7 aliphatic rings. The molecule has 1 unspecified atom stereocenters. The highest BCUT2D eigenvalue weighted by molar-refractivity contribution is 5.09.